The lowest BCUT2D eigenvalue weighted by atomic mass is 10.1. The van der Waals surface area contributed by atoms with E-state index < -0.39 is 23.4 Å². The minimum Gasteiger partial charge on any atom is -0.479 e. The molecule has 1 heterocycles. The van der Waals surface area contributed by atoms with E-state index in [0.29, 0.717) is 5.56 Å². The zero-order chi connectivity index (χ0) is 16.4. The van der Waals surface area contributed by atoms with Crippen LogP contribution < -0.4 is 15.4 Å². The van der Waals surface area contributed by atoms with Crippen LogP contribution in [-0.2, 0) is 16.0 Å². The van der Waals surface area contributed by atoms with Crippen molar-refractivity contribution >= 4 is 23.2 Å². The summed E-state index contributed by atoms with van der Waals surface area (Å²) in [7, 11) is 0. The van der Waals surface area contributed by atoms with Crippen molar-refractivity contribution in [3.05, 3.63) is 53.6 Å². The summed E-state index contributed by atoms with van der Waals surface area (Å²) in [4.78, 5) is 23.3. The van der Waals surface area contributed by atoms with Crippen molar-refractivity contribution in [1.29, 1.82) is 0 Å². The van der Waals surface area contributed by atoms with E-state index in [1.54, 1.807) is 0 Å². The van der Waals surface area contributed by atoms with E-state index in [1.165, 1.54) is 24.3 Å². The van der Waals surface area contributed by atoms with E-state index in [4.69, 9.17) is 4.74 Å². The summed E-state index contributed by atoms with van der Waals surface area (Å²) in [6.45, 7) is -0.209. The molecule has 1 aliphatic rings. The molecule has 2 amide bonds. The summed E-state index contributed by atoms with van der Waals surface area (Å²) in [6, 6.07) is 7.72. The lowest BCUT2D eigenvalue weighted by molar-refractivity contribution is -0.118. The van der Waals surface area contributed by atoms with Gasteiger partial charge in [0.2, 0.25) is 5.91 Å². The number of anilines is 2. The summed E-state index contributed by atoms with van der Waals surface area (Å²) in [5.74, 6) is -1.61. The van der Waals surface area contributed by atoms with Crippen LogP contribution in [0.1, 0.15) is 5.56 Å². The molecule has 2 N–H and O–H groups in total. The maximum absolute atomic E-state index is 13.6. The SMILES string of the molecule is O=C1COc2c(cc(F)cc2NC(=O)Cc2ccc(F)cc2)N1. The van der Waals surface area contributed by atoms with Gasteiger partial charge in [0.15, 0.2) is 12.4 Å². The first-order valence-electron chi connectivity index (χ1n) is 6.82. The van der Waals surface area contributed by atoms with Gasteiger partial charge in [0.05, 0.1) is 17.8 Å². The molecular formula is C16H12F2N2O3. The summed E-state index contributed by atoms with van der Waals surface area (Å²) in [6.07, 6.45) is -0.00206. The van der Waals surface area contributed by atoms with Crippen molar-refractivity contribution in [2.24, 2.45) is 0 Å². The molecule has 0 saturated carbocycles. The van der Waals surface area contributed by atoms with Crippen molar-refractivity contribution in [2.45, 2.75) is 6.42 Å². The minimum atomic E-state index is -0.619. The van der Waals surface area contributed by atoms with E-state index in [0.717, 1.165) is 12.1 Å². The summed E-state index contributed by atoms with van der Waals surface area (Å²) >= 11 is 0. The molecule has 0 radical (unpaired) electrons. The second-order valence-corrected chi connectivity index (χ2v) is 5.02. The van der Waals surface area contributed by atoms with Crippen molar-refractivity contribution in [1.82, 2.24) is 0 Å². The molecule has 0 aromatic heterocycles. The second kappa shape index (κ2) is 6.04. The number of hydrogen-bond donors (Lipinski definition) is 2. The van der Waals surface area contributed by atoms with Gasteiger partial charge in [-0.15, -0.1) is 0 Å². The van der Waals surface area contributed by atoms with Crippen molar-refractivity contribution in [3.63, 3.8) is 0 Å². The van der Waals surface area contributed by atoms with Gasteiger partial charge in [-0.2, -0.15) is 0 Å². The highest BCUT2D eigenvalue weighted by molar-refractivity contribution is 6.00. The fraction of sp³-hybridized carbons (Fsp3) is 0.125. The van der Waals surface area contributed by atoms with Gasteiger partial charge < -0.3 is 15.4 Å². The molecule has 0 spiro atoms. The number of rotatable bonds is 3. The Morgan fingerprint density at radius 2 is 1.91 bits per heavy atom. The number of halogens is 2. The molecule has 2 aromatic carbocycles. The number of amides is 2. The number of carbonyl (C=O) groups is 2. The van der Waals surface area contributed by atoms with Gasteiger partial charge in [-0.05, 0) is 17.7 Å². The number of nitrogens with one attached hydrogen (secondary N) is 2. The predicted octanol–water partition coefficient (Wildman–Crippen LogP) is 2.48. The van der Waals surface area contributed by atoms with Crippen LogP contribution in [0, 0.1) is 11.6 Å². The smallest absolute Gasteiger partial charge is 0.262 e. The first kappa shape index (κ1) is 15.0. The molecule has 5 nitrogen and oxygen atoms in total. The van der Waals surface area contributed by atoms with Crippen molar-refractivity contribution in [3.8, 4) is 5.75 Å². The second-order valence-electron chi connectivity index (χ2n) is 5.02. The maximum Gasteiger partial charge on any atom is 0.262 e. The van der Waals surface area contributed by atoms with Gasteiger partial charge in [0, 0.05) is 12.1 Å². The molecule has 23 heavy (non-hydrogen) atoms. The van der Waals surface area contributed by atoms with Gasteiger partial charge in [-0.1, -0.05) is 12.1 Å². The van der Waals surface area contributed by atoms with Crippen molar-refractivity contribution < 1.29 is 23.1 Å². The van der Waals surface area contributed by atoms with Gasteiger partial charge >= 0.3 is 0 Å². The fourth-order valence-corrected chi connectivity index (χ4v) is 2.24. The Kier molecular flexibility index (Phi) is 3.92. The van der Waals surface area contributed by atoms with Crippen LogP contribution in [0.4, 0.5) is 20.2 Å². The molecule has 0 aliphatic carbocycles. The minimum absolute atomic E-state index is 0.00206. The van der Waals surface area contributed by atoms with E-state index in [2.05, 4.69) is 10.6 Å². The molecule has 3 rings (SSSR count). The van der Waals surface area contributed by atoms with E-state index >= 15 is 0 Å². The Bertz CT molecular complexity index is 776. The standard InChI is InChI=1S/C16H12F2N2O3/c17-10-3-1-9(2-4-10)5-14(21)19-12-6-11(18)7-13-16(12)23-8-15(22)20-13/h1-4,6-7H,5,8H2,(H,19,21)(H,20,22). The highest BCUT2D eigenvalue weighted by atomic mass is 19.1. The molecule has 0 fully saturated rings. The third-order valence-corrected chi connectivity index (χ3v) is 3.23. The van der Waals surface area contributed by atoms with Gasteiger partial charge in [-0.25, -0.2) is 8.78 Å². The molecule has 118 valence electrons. The number of benzene rings is 2. The van der Waals surface area contributed by atoms with Gasteiger partial charge in [0.25, 0.3) is 5.91 Å². The lowest BCUT2D eigenvalue weighted by Crippen LogP contribution is -2.26. The average Bonchev–Trinajstić information content (AvgIpc) is 2.49. The molecule has 0 atom stereocenters. The van der Waals surface area contributed by atoms with E-state index in [9.17, 15) is 18.4 Å². The normalized spacial score (nSPS) is 12.9. The molecule has 0 saturated heterocycles. The summed E-state index contributed by atoms with van der Waals surface area (Å²) in [5.41, 5.74) is 0.911. The number of carbonyl (C=O) groups excluding carboxylic acids is 2. The molecule has 2 aromatic rings. The zero-order valence-electron chi connectivity index (χ0n) is 11.9. The van der Waals surface area contributed by atoms with Crippen molar-refractivity contribution in [2.75, 3.05) is 17.2 Å². The van der Waals surface area contributed by atoms with Crippen LogP contribution in [0.25, 0.3) is 0 Å². The molecule has 1 aliphatic heterocycles. The average molecular weight is 318 g/mol. The third kappa shape index (κ3) is 3.45. The Morgan fingerprint density at radius 1 is 1.17 bits per heavy atom. The van der Waals surface area contributed by atoms with Crippen LogP contribution >= 0.6 is 0 Å². The Balaban J connectivity index is 1.78. The Hall–Kier alpha value is -2.96. The maximum atomic E-state index is 13.6. The zero-order valence-corrected chi connectivity index (χ0v) is 11.9. The highest BCUT2D eigenvalue weighted by Crippen LogP contribution is 2.36. The fourth-order valence-electron chi connectivity index (χ4n) is 2.24. The van der Waals surface area contributed by atoms with Crippen LogP contribution in [0.3, 0.4) is 0 Å². The van der Waals surface area contributed by atoms with Gasteiger partial charge in [-0.3, -0.25) is 9.59 Å². The van der Waals surface area contributed by atoms with E-state index in [-0.39, 0.29) is 30.2 Å². The van der Waals surface area contributed by atoms with Crippen LogP contribution in [-0.4, -0.2) is 18.4 Å². The van der Waals surface area contributed by atoms with Crippen LogP contribution in [0.5, 0.6) is 5.75 Å². The van der Waals surface area contributed by atoms with Crippen LogP contribution in [0.2, 0.25) is 0 Å². The Labute approximate surface area is 130 Å². The summed E-state index contributed by atoms with van der Waals surface area (Å²) < 4.78 is 31.7. The number of hydrogen-bond acceptors (Lipinski definition) is 3. The largest absolute Gasteiger partial charge is 0.479 e. The number of fused-ring (bicyclic) bond motifs is 1. The monoisotopic (exact) mass is 318 g/mol. The topological polar surface area (TPSA) is 67.4 Å². The molecule has 7 heteroatoms. The molecule has 0 unspecified atom stereocenters. The first-order chi connectivity index (χ1) is 11.0. The van der Waals surface area contributed by atoms with Gasteiger partial charge in [0.1, 0.15) is 11.6 Å². The lowest BCUT2D eigenvalue weighted by Gasteiger charge is -2.21. The predicted molar refractivity (Wildman–Crippen MR) is 79.3 cm³/mol. The summed E-state index contributed by atoms with van der Waals surface area (Å²) in [5, 5.41) is 5.01. The van der Waals surface area contributed by atoms with Crippen LogP contribution in [0.15, 0.2) is 36.4 Å². The number of ether oxygens (including phenoxy) is 1. The Morgan fingerprint density at radius 3 is 2.65 bits per heavy atom. The highest BCUT2D eigenvalue weighted by Gasteiger charge is 2.21. The molecule has 0 bridgehead atoms. The quantitative estimate of drug-likeness (QED) is 0.913. The van der Waals surface area contributed by atoms with E-state index in [1.807, 2.05) is 0 Å². The third-order valence-electron chi connectivity index (χ3n) is 3.23. The molecular weight excluding hydrogens is 306 g/mol. The first-order valence-corrected chi connectivity index (χ1v) is 6.82.